The van der Waals surface area contributed by atoms with E-state index in [1.54, 1.807) is 0 Å². The summed E-state index contributed by atoms with van der Waals surface area (Å²) < 4.78 is 1.99. The van der Waals surface area contributed by atoms with Crippen LogP contribution in [0.15, 0.2) is 6.20 Å². The second kappa shape index (κ2) is 7.75. The zero-order valence-corrected chi connectivity index (χ0v) is 15.2. The zero-order chi connectivity index (χ0) is 17.1. The molecule has 4 rings (SSSR count). The van der Waals surface area contributed by atoms with Gasteiger partial charge in [-0.3, -0.25) is 4.68 Å². The minimum atomic E-state index is 0.147. The Morgan fingerprint density at radius 1 is 1.08 bits per heavy atom. The van der Waals surface area contributed by atoms with Crippen LogP contribution in [0.5, 0.6) is 0 Å². The molecule has 1 aromatic heterocycles. The maximum absolute atomic E-state index is 12.7. The Morgan fingerprint density at radius 2 is 1.88 bits per heavy atom. The SMILES string of the molecule is O=C(NC1CCCCCC1)N1CCCC(Cn2cc(C3CC3)nn2)C1. The lowest BCUT2D eigenvalue weighted by Gasteiger charge is -2.33. The number of piperidine rings is 1. The molecule has 2 saturated carbocycles. The molecule has 2 amide bonds. The minimum absolute atomic E-state index is 0.147. The topological polar surface area (TPSA) is 63.1 Å². The molecule has 1 N–H and O–H groups in total. The summed E-state index contributed by atoms with van der Waals surface area (Å²) in [6, 6.07) is 0.528. The van der Waals surface area contributed by atoms with Crippen LogP contribution in [0.2, 0.25) is 0 Å². The molecular formula is C19H31N5O. The average molecular weight is 345 g/mol. The van der Waals surface area contributed by atoms with Gasteiger partial charge in [-0.15, -0.1) is 5.10 Å². The fraction of sp³-hybridized carbons (Fsp3) is 0.842. The molecule has 3 aliphatic rings. The Bertz CT molecular complexity index is 574. The first-order valence-electron chi connectivity index (χ1n) is 10.2. The van der Waals surface area contributed by atoms with Crippen LogP contribution >= 0.6 is 0 Å². The van der Waals surface area contributed by atoms with E-state index in [0.29, 0.717) is 17.9 Å². The predicted molar refractivity (Wildman–Crippen MR) is 96.3 cm³/mol. The molecule has 2 aliphatic carbocycles. The third-order valence-corrected chi connectivity index (χ3v) is 5.99. The summed E-state index contributed by atoms with van der Waals surface area (Å²) in [5.74, 6) is 1.14. The highest BCUT2D eigenvalue weighted by Crippen LogP contribution is 2.38. The van der Waals surface area contributed by atoms with Crippen molar-refractivity contribution in [1.82, 2.24) is 25.2 Å². The van der Waals surface area contributed by atoms with Crippen LogP contribution < -0.4 is 5.32 Å². The first-order valence-corrected chi connectivity index (χ1v) is 10.2. The lowest BCUT2D eigenvalue weighted by atomic mass is 9.98. The molecule has 2 heterocycles. The Morgan fingerprint density at radius 3 is 2.64 bits per heavy atom. The highest BCUT2D eigenvalue weighted by Gasteiger charge is 2.28. The quantitative estimate of drug-likeness (QED) is 0.852. The second-order valence-electron chi connectivity index (χ2n) is 8.23. The Hall–Kier alpha value is -1.59. The summed E-state index contributed by atoms with van der Waals surface area (Å²) in [4.78, 5) is 14.7. The molecule has 1 unspecified atom stereocenters. The molecule has 0 aromatic carbocycles. The molecule has 6 nitrogen and oxygen atoms in total. The van der Waals surface area contributed by atoms with Crippen LogP contribution in [0.1, 0.15) is 75.8 Å². The standard InChI is InChI=1S/C19H31N5O/c25-19(20-17-7-3-1-2-4-8-17)23-11-5-6-15(12-23)13-24-14-18(21-22-24)16-9-10-16/h14-17H,1-13H2,(H,20,25). The number of nitrogens with zero attached hydrogens (tertiary/aromatic N) is 4. The molecule has 1 saturated heterocycles. The van der Waals surface area contributed by atoms with Gasteiger partial charge >= 0.3 is 6.03 Å². The molecule has 1 aromatic rings. The van der Waals surface area contributed by atoms with Gasteiger partial charge in [0.15, 0.2) is 0 Å². The lowest BCUT2D eigenvalue weighted by molar-refractivity contribution is 0.153. The van der Waals surface area contributed by atoms with Gasteiger partial charge < -0.3 is 10.2 Å². The summed E-state index contributed by atoms with van der Waals surface area (Å²) in [6.45, 7) is 2.61. The van der Waals surface area contributed by atoms with Gasteiger partial charge in [0.1, 0.15) is 0 Å². The summed E-state index contributed by atoms with van der Waals surface area (Å²) in [5, 5.41) is 11.9. The third kappa shape index (κ3) is 4.53. The Balaban J connectivity index is 1.28. The number of aromatic nitrogens is 3. The summed E-state index contributed by atoms with van der Waals surface area (Å²) in [7, 11) is 0. The fourth-order valence-electron chi connectivity index (χ4n) is 4.32. The van der Waals surface area contributed by atoms with E-state index in [1.807, 2.05) is 9.58 Å². The molecule has 3 fully saturated rings. The second-order valence-corrected chi connectivity index (χ2v) is 8.23. The van der Waals surface area contributed by atoms with Crippen LogP contribution in [0.3, 0.4) is 0 Å². The molecular weight excluding hydrogens is 314 g/mol. The van der Waals surface area contributed by atoms with Crippen LogP contribution in [-0.2, 0) is 6.54 Å². The first kappa shape index (κ1) is 16.9. The number of carbonyl (C=O) groups excluding carboxylic acids is 1. The van der Waals surface area contributed by atoms with Crippen LogP contribution in [0, 0.1) is 5.92 Å². The van der Waals surface area contributed by atoms with Crippen molar-refractivity contribution in [2.45, 2.75) is 82.7 Å². The highest BCUT2D eigenvalue weighted by molar-refractivity contribution is 5.74. The van der Waals surface area contributed by atoms with Gasteiger partial charge in [-0.05, 0) is 44.4 Å². The van der Waals surface area contributed by atoms with Gasteiger partial charge in [0.25, 0.3) is 0 Å². The van der Waals surface area contributed by atoms with Gasteiger partial charge in [0.2, 0.25) is 0 Å². The van der Waals surface area contributed by atoms with E-state index < -0.39 is 0 Å². The Labute approximate surface area is 150 Å². The molecule has 138 valence electrons. The molecule has 0 radical (unpaired) electrons. The van der Waals surface area contributed by atoms with Crippen molar-refractivity contribution in [1.29, 1.82) is 0 Å². The van der Waals surface area contributed by atoms with Crippen molar-refractivity contribution in [2.24, 2.45) is 5.92 Å². The van der Waals surface area contributed by atoms with Gasteiger partial charge in [-0.1, -0.05) is 30.9 Å². The maximum atomic E-state index is 12.7. The van der Waals surface area contributed by atoms with Gasteiger partial charge in [0.05, 0.1) is 5.69 Å². The molecule has 1 aliphatic heterocycles. The van der Waals surface area contributed by atoms with E-state index in [4.69, 9.17) is 0 Å². The van der Waals surface area contributed by atoms with Crippen LogP contribution in [0.25, 0.3) is 0 Å². The summed E-state index contributed by atoms with van der Waals surface area (Å²) >= 11 is 0. The summed E-state index contributed by atoms with van der Waals surface area (Å²) in [6.07, 6.45) is 14.3. The van der Waals surface area contributed by atoms with Crippen LogP contribution in [0.4, 0.5) is 4.79 Å². The number of nitrogens with one attached hydrogen (secondary N) is 1. The Kier molecular flexibility index (Phi) is 5.22. The number of amides is 2. The molecule has 25 heavy (non-hydrogen) atoms. The van der Waals surface area contributed by atoms with Crippen molar-refractivity contribution in [3.63, 3.8) is 0 Å². The van der Waals surface area contributed by atoms with Crippen molar-refractivity contribution in [3.8, 4) is 0 Å². The number of likely N-dealkylation sites (tertiary alicyclic amines) is 1. The van der Waals surface area contributed by atoms with Gasteiger partial charge in [0, 0.05) is 37.8 Å². The lowest BCUT2D eigenvalue weighted by Crippen LogP contribution is -2.49. The van der Waals surface area contributed by atoms with Crippen LogP contribution in [-0.4, -0.2) is 45.1 Å². The minimum Gasteiger partial charge on any atom is -0.335 e. The van der Waals surface area contributed by atoms with E-state index in [1.165, 1.54) is 44.9 Å². The third-order valence-electron chi connectivity index (χ3n) is 5.99. The maximum Gasteiger partial charge on any atom is 0.317 e. The van der Waals surface area contributed by atoms with E-state index in [2.05, 4.69) is 21.8 Å². The van der Waals surface area contributed by atoms with Crippen molar-refractivity contribution < 1.29 is 4.79 Å². The van der Waals surface area contributed by atoms with E-state index in [-0.39, 0.29) is 6.03 Å². The molecule has 1 atom stereocenters. The fourth-order valence-corrected chi connectivity index (χ4v) is 4.32. The number of rotatable bonds is 4. The predicted octanol–water partition coefficient (Wildman–Crippen LogP) is 3.30. The number of urea groups is 1. The number of hydrogen-bond donors (Lipinski definition) is 1. The number of hydrogen-bond acceptors (Lipinski definition) is 3. The largest absolute Gasteiger partial charge is 0.335 e. The summed E-state index contributed by atoms with van der Waals surface area (Å²) in [5.41, 5.74) is 1.15. The van der Waals surface area contributed by atoms with Crippen molar-refractivity contribution in [3.05, 3.63) is 11.9 Å². The van der Waals surface area contributed by atoms with Crippen molar-refractivity contribution in [2.75, 3.05) is 13.1 Å². The molecule has 0 spiro atoms. The zero-order valence-electron chi connectivity index (χ0n) is 15.2. The average Bonchev–Trinajstić information content (AvgIpc) is 3.41. The van der Waals surface area contributed by atoms with E-state index in [9.17, 15) is 4.79 Å². The van der Waals surface area contributed by atoms with Gasteiger partial charge in [-0.2, -0.15) is 0 Å². The highest BCUT2D eigenvalue weighted by atomic mass is 16.2. The molecule has 6 heteroatoms. The first-order chi connectivity index (χ1) is 12.3. The smallest absolute Gasteiger partial charge is 0.317 e. The monoisotopic (exact) mass is 345 g/mol. The molecule has 0 bridgehead atoms. The van der Waals surface area contributed by atoms with Crippen molar-refractivity contribution >= 4 is 6.03 Å². The number of carbonyl (C=O) groups is 1. The van der Waals surface area contributed by atoms with E-state index in [0.717, 1.165) is 44.6 Å². The van der Waals surface area contributed by atoms with Gasteiger partial charge in [-0.25, -0.2) is 4.79 Å². The van der Waals surface area contributed by atoms with E-state index >= 15 is 0 Å². The normalized spacial score (nSPS) is 25.6.